The number of esters is 1. The van der Waals surface area contributed by atoms with E-state index < -0.39 is 5.97 Å². The highest BCUT2D eigenvalue weighted by molar-refractivity contribution is 8.00. The van der Waals surface area contributed by atoms with E-state index in [-0.39, 0.29) is 17.6 Å². The molecule has 130 valence electrons. The smallest absolute Gasteiger partial charge is 0.339 e. The van der Waals surface area contributed by atoms with E-state index in [0.29, 0.717) is 17.0 Å². The minimum atomic E-state index is -0.501. The Morgan fingerprint density at radius 1 is 1.12 bits per heavy atom. The van der Waals surface area contributed by atoms with Gasteiger partial charge >= 0.3 is 5.97 Å². The molecule has 0 unspecified atom stereocenters. The molecule has 2 amide bonds. The summed E-state index contributed by atoms with van der Waals surface area (Å²) in [6.45, 7) is 1.64. The van der Waals surface area contributed by atoms with E-state index in [4.69, 9.17) is 4.74 Å². The van der Waals surface area contributed by atoms with Crippen molar-refractivity contribution in [1.82, 2.24) is 4.90 Å². The van der Waals surface area contributed by atoms with Gasteiger partial charge in [0.1, 0.15) is 0 Å². The molecule has 6 nitrogen and oxygen atoms in total. The van der Waals surface area contributed by atoms with Crippen molar-refractivity contribution in [2.45, 2.75) is 19.3 Å². The zero-order valence-electron chi connectivity index (χ0n) is 13.7. The third kappa shape index (κ3) is 5.26. The Labute approximate surface area is 145 Å². The van der Waals surface area contributed by atoms with Crippen molar-refractivity contribution in [1.29, 1.82) is 0 Å². The molecule has 1 saturated heterocycles. The van der Waals surface area contributed by atoms with Crippen LogP contribution in [0.1, 0.15) is 29.6 Å². The van der Waals surface area contributed by atoms with Crippen LogP contribution in [0.5, 0.6) is 0 Å². The molecule has 0 bridgehead atoms. The fourth-order valence-electron chi connectivity index (χ4n) is 2.53. The molecule has 24 heavy (non-hydrogen) atoms. The lowest BCUT2D eigenvalue weighted by Gasteiger charge is -2.26. The van der Waals surface area contributed by atoms with E-state index >= 15 is 0 Å². The summed E-state index contributed by atoms with van der Waals surface area (Å²) < 4.78 is 4.69. The lowest BCUT2D eigenvalue weighted by molar-refractivity contribution is -0.129. The first kappa shape index (κ1) is 18.3. The van der Waals surface area contributed by atoms with Crippen LogP contribution in [-0.4, -0.2) is 54.4 Å². The molecule has 7 heteroatoms. The van der Waals surface area contributed by atoms with E-state index in [1.165, 1.54) is 25.3 Å². The maximum Gasteiger partial charge on any atom is 0.339 e. The highest BCUT2D eigenvalue weighted by Gasteiger charge is 2.17. The molecular weight excluding hydrogens is 328 g/mol. The van der Waals surface area contributed by atoms with Gasteiger partial charge in [0, 0.05) is 13.1 Å². The maximum absolute atomic E-state index is 12.0. The zero-order valence-corrected chi connectivity index (χ0v) is 14.6. The predicted octanol–water partition coefficient (Wildman–Crippen LogP) is 2.16. The van der Waals surface area contributed by atoms with Crippen LogP contribution in [-0.2, 0) is 14.3 Å². The highest BCUT2D eigenvalue weighted by Crippen LogP contribution is 2.17. The monoisotopic (exact) mass is 350 g/mol. The summed E-state index contributed by atoms with van der Waals surface area (Å²) in [6, 6.07) is 6.67. The number of thioether (sulfide) groups is 1. The number of para-hydroxylation sites is 1. The Morgan fingerprint density at radius 2 is 1.83 bits per heavy atom. The van der Waals surface area contributed by atoms with Gasteiger partial charge in [-0.25, -0.2) is 4.79 Å². The van der Waals surface area contributed by atoms with Crippen molar-refractivity contribution < 1.29 is 19.1 Å². The molecule has 1 fully saturated rings. The molecule has 1 aliphatic heterocycles. The number of nitrogens with zero attached hydrogens (tertiary/aromatic N) is 1. The Bertz CT molecular complexity index is 600. The Kier molecular flexibility index (Phi) is 7.11. The molecule has 1 N–H and O–H groups in total. The van der Waals surface area contributed by atoms with Gasteiger partial charge in [-0.2, -0.15) is 0 Å². The Hall–Kier alpha value is -2.02. The van der Waals surface area contributed by atoms with Gasteiger partial charge in [-0.15, -0.1) is 11.8 Å². The summed E-state index contributed by atoms with van der Waals surface area (Å²) >= 11 is 1.28. The van der Waals surface area contributed by atoms with Crippen LogP contribution in [0.4, 0.5) is 5.69 Å². The highest BCUT2D eigenvalue weighted by atomic mass is 32.2. The van der Waals surface area contributed by atoms with Crippen LogP contribution < -0.4 is 5.32 Å². The lowest BCUT2D eigenvalue weighted by Crippen LogP contribution is -2.37. The van der Waals surface area contributed by atoms with Gasteiger partial charge in [0.15, 0.2) is 0 Å². The fraction of sp³-hybridized carbons (Fsp3) is 0.471. The first-order valence-corrected chi connectivity index (χ1v) is 9.10. The molecule has 0 saturated carbocycles. The Morgan fingerprint density at radius 3 is 2.54 bits per heavy atom. The first-order chi connectivity index (χ1) is 11.6. The van der Waals surface area contributed by atoms with Crippen LogP contribution in [0.3, 0.4) is 0 Å². The van der Waals surface area contributed by atoms with Crippen molar-refractivity contribution in [3.8, 4) is 0 Å². The zero-order chi connectivity index (χ0) is 17.4. The normalized spacial score (nSPS) is 14.1. The second kappa shape index (κ2) is 9.32. The van der Waals surface area contributed by atoms with Gasteiger partial charge in [-0.1, -0.05) is 12.1 Å². The first-order valence-electron chi connectivity index (χ1n) is 7.94. The Balaban J connectivity index is 1.79. The summed E-state index contributed by atoms with van der Waals surface area (Å²) in [5, 5.41) is 2.69. The van der Waals surface area contributed by atoms with E-state index in [1.54, 1.807) is 24.3 Å². The largest absolute Gasteiger partial charge is 0.465 e. The second-order valence-electron chi connectivity index (χ2n) is 5.52. The van der Waals surface area contributed by atoms with Gasteiger partial charge in [-0.05, 0) is 31.4 Å². The number of piperidine rings is 1. The van der Waals surface area contributed by atoms with Gasteiger partial charge < -0.3 is 15.0 Å². The summed E-state index contributed by atoms with van der Waals surface area (Å²) in [6.07, 6.45) is 3.29. The van der Waals surface area contributed by atoms with Crippen LogP contribution in [0, 0.1) is 0 Å². The molecule has 0 atom stereocenters. The van der Waals surface area contributed by atoms with Crippen molar-refractivity contribution in [3.05, 3.63) is 29.8 Å². The number of anilines is 1. The minimum Gasteiger partial charge on any atom is -0.465 e. The van der Waals surface area contributed by atoms with E-state index in [9.17, 15) is 14.4 Å². The molecule has 1 aliphatic rings. The third-order valence-corrected chi connectivity index (χ3v) is 4.69. The standard InChI is InChI=1S/C17H22N2O4S/c1-23-17(22)13-7-3-4-8-14(13)18-15(20)11-24-12-16(21)19-9-5-2-6-10-19/h3-4,7-8H,2,5-6,9-12H2,1H3,(H,18,20). The number of hydrogen-bond donors (Lipinski definition) is 1. The van der Waals surface area contributed by atoms with Gasteiger partial charge in [0.05, 0.1) is 29.9 Å². The van der Waals surface area contributed by atoms with Crippen LogP contribution in [0.15, 0.2) is 24.3 Å². The van der Waals surface area contributed by atoms with Crippen molar-refractivity contribution >= 4 is 35.2 Å². The molecule has 1 aromatic rings. The molecule has 0 spiro atoms. The molecule has 1 aromatic carbocycles. The minimum absolute atomic E-state index is 0.0856. The third-order valence-electron chi connectivity index (χ3n) is 3.77. The molecule has 0 aliphatic carbocycles. The SMILES string of the molecule is COC(=O)c1ccccc1NC(=O)CSCC(=O)N1CCCCC1. The average molecular weight is 350 g/mol. The molecule has 0 radical (unpaired) electrons. The number of benzene rings is 1. The number of ether oxygens (including phenoxy) is 1. The number of nitrogens with one attached hydrogen (secondary N) is 1. The van der Waals surface area contributed by atoms with E-state index in [0.717, 1.165) is 25.9 Å². The number of carbonyl (C=O) groups excluding carboxylic acids is 3. The van der Waals surface area contributed by atoms with Crippen LogP contribution >= 0.6 is 11.8 Å². The number of hydrogen-bond acceptors (Lipinski definition) is 5. The van der Waals surface area contributed by atoms with Crippen molar-refractivity contribution in [2.75, 3.05) is 37.0 Å². The number of rotatable bonds is 6. The second-order valence-corrected chi connectivity index (χ2v) is 6.51. The van der Waals surface area contributed by atoms with Crippen molar-refractivity contribution in [3.63, 3.8) is 0 Å². The molecule has 1 heterocycles. The number of methoxy groups -OCH3 is 1. The molecular formula is C17H22N2O4S. The average Bonchev–Trinajstić information content (AvgIpc) is 2.62. The van der Waals surface area contributed by atoms with E-state index in [2.05, 4.69) is 5.32 Å². The fourth-order valence-corrected chi connectivity index (χ4v) is 3.25. The van der Waals surface area contributed by atoms with Gasteiger partial charge in [0.25, 0.3) is 0 Å². The number of likely N-dealkylation sites (tertiary alicyclic amines) is 1. The molecule has 0 aromatic heterocycles. The summed E-state index contributed by atoms with van der Waals surface area (Å²) in [7, 11) is 1.29. The topological polar surface area (TPSA) is 75.7 Å². The van der Waals surface area contributed by atoms with Gasteiger partial charge in [0.2, 0.25) is 11.8 Å². The van der Waals surface area contributed by atoms with Crippen LogP contribution in [0.25, 0.3) is 0 Å². The summed E-state index contributed by atoms with van der Waals surface area (Å²) in [5.41, 5.74) is 0.722. The summed E-state index contributed by atoms with van der Waals surface area (Å²) in [5.74, 6) is -0.203. The lowest BCUT2D eigenvalue weighted by atomic mass is 10.1. The predicted molar refractivity (Wildman–Crippen MR) is 94.2 cm³/mol. The summed E-state index contributed by atoms with van der Waals surface area (Å²) in [4.78, 5) is 37.6. The quantitative estimate of drug-likeness (QED) is 0.796. The molecule has 2 rings (SSSR count). The van der Waals surface area contributed by atoms with Crippen molar-refractivity contribution in [2.24, 2.45) is 0 Å². The van der Waals surface area contributed by atoms with Crippen LogP contribution in [0.2, 0.25) is 0 Å². The van der Waals surface area contributed by atoms with Gasteiger partial charge in [-0.3, -0.25) is 9.59 Å². The van der Waals surface area contributed by atoms with E-state index in [1.807, 2.05) is 4.90 Å². The number of carbonyl (C=O) groups is 3. The maximum atomic E-state index is 12.0. The number of amides is 2.